The lowest BCUT2D eigenvalue weighted by atomic mass is 10.2. The summed E-state index contributed by atoms with van der Waals surface area (Å²) in [5.41, 5.74) is 3.69. The highest BCUT2D eigenvalue weighted by Crippen LogP contribution is 2.38. The molecule has 4 nitrogen and oxygen atoms in total. The van der Waals surface area contributed by atoms with Crippen LogP contribution in [0.2, 0.25) is 0 Å². The Kier molecular flexibility index (Phi) is 1.80. The van der Waals surface area contributed by atoms with Gasteiger partial charge in [0.05, 0.1) is 12.4 Å². The molecule has 5 heterocycles. The standard InChI is InChI=1S/C15H11N4S/c1-18-14-11-9(4-2-6-16-11)8-19(14)12-10-5-3-7-17-13(10)20-15(12)18/h2-7H,8H2,1H3/q+1. The van der Waals surface area contributed by atoms with Gasteiger partial charge in [0.25, 0.3) is 0 Å². The van der Waals surface area contributed by atoms with Crippen molar-refractivity contribution in [2.75, 3.05) is 0 Å². The highest BCUT2D eigenvalue weighted by molar-refractivity contribution is 7.24. The average Bonchev–Trinajstić information content (AvgIpc) is 3.10. The minimum Gasteiger partial charge on any atom is -0.248 e. The molecule has 20 heavy (non-hydrogen) atoms. The summed E-state index contributed by atoms with van der Waals surface area (Å²) in [4.78, 5) is 11.4. The molecule has 0 aliphatic carbocycles. The highest BCUT2D eigenvalue weighted by atomic mass is 32.1. The molecule has 96 valence electrons. The second kappa shape index (κ2) is 3.43. The Bertz CT molecular complexity index is 996. The van der Waals surface area contributed by atoms with E-state index in [4.69, 9.17) is 0 Å². The lowest BCUT2D eigenvalue weighted by Gasteiger charge is -1.92. The fourth-order valence-electron chi connectivity index (χ4n) is 3.16. The maximum atomic E-state index is 4.56. The minimum atomic E-state index is 0.899. The van der Waals surface area contributed by atoms with Crippen LogP contribution >= 0.6 is 11.3 Å². The molecule has 0 unspecified atom stereocenters. The molecular weight excluding hydrogens is 268 g/mol. The van der Waals surface area contributed by atoms with Crippen molar-refractivity contribution >= 4 is 31.9 Å². The van der Waals surface area contributed by atoms with E-state index in [1.165, 1.54) is 27.1 Å². The maximum Gasteiger partial charge on any atom is 0.309 e. The van der Waals surface area contributed by atoms with Gasteiger partial charge in [-0.3, -0.25) is 0 Å². The van der Waals surface area contributed by atoms with Crippen molar-refractivity contribution in [1.29, 1.82) is 0 Å². The average molecular weight is 279 g/mol. The Labute approximate surface area is 119 Å². The summed E-state index contributed by atoms with van der Waals surface area (Å²) in [6.45, 7) is 0.899. The van der Waals surface area contributed by atoms with Gasteiger partial charge in [0, 0.05) is 18.0 Å². The normalized spacial score (nSPS) is 13.1. The Morgan fingerprint density at radius 3 is 3.00 bits per heavy atom. The monoisotopic (exact) mass is 279 g/mol. The molecule has 5 heteroatoms. The number of hydrogen-bond donors (Lipinski definition) is 0. The van der Waals surface area contributed by atoms with Crippen LogP contribution in [0.25, 0.3) is 32.1 Å². The van der Waals surface area contributed by atoms with Crippen LogP contribution in [-0.2, 0) is 13.6 Å². The molecule has 0 saturated heterocycles. The van der Waals surface area contributed by atoms with Gasteiger partial charge in [-0.15, -0.1) is 0 Å². The molecule has 0 atom stereocenters. The van der Waals surface area contributed by atoms with Crippen LogP contribution in [0.3, 0.4) is 0 Å². The summed E-state index contributed by atoms with van der Waals surface area (Å²) in [6, 6.07) is 8.34. The lowest BCUT2D eigenvalue weighted by Crippen LogP contribution is -2.28. The van der Waals surface area contributed by atoms with Gasteiger partial charge < -0.3 is 0 Å². The van der Waals surface area contributed by atoms with E-state index < -0.39 is 0 Å². The third-order valence-corrected chi connectivity index (χ3v) is 5.18. The van der Waals surface area contributed by atoms with Crippen molar-refractivity contribution in [3.05, 3.63) is 42.2 Å². The summed E-state index contributed by atoms with van der Waals surface area (Å²) in [5, 5.41) is 1.24. The number of aromatic nitrogens is 4. The number of rotatable bonds is 0. The van der Waals surface area contributed by atoms with Crippen LogP contribution in [0.1, 0.15) is 5.56 Å². The minimum absolute atomic E-state index is 0.899. The number of pyridine rings is 2. The number of hydrogen-bond acceptors (Lipinski definition) is 3. The topological polar surface area (TPSA) is 34.6 Å². The van der Waals surface area contributed by atoms with E-state index in [9.17, 15) is 0 Å². The van der Waals surface area contributed by atoms with Crippen molar-refractivity contribution in [3.63, 3.8) is 0 Å². The first-order valence-corrected chi connectivity index (χ1v) is 7.36. The second-order valence-corrected chi connectivity index (χ2v) is 6.07. The van der Waals surface area contributed by atoms with Gasteiger partial charge in [-0.05, 0) is 18.2 Å². The fourth-order valence-corrected chi connectivity index (χ4v) is 4.27. The van der Waals surface area contributed by atoms with Gasteiger partial charge in [0.2, 0.25) is 4.83 Å². The smallest absolute Gasteiger partial charge is 0.248 e. The first-order chi connectivity index (χ1) is 9.84. The van der Waals surface area contributed by atoms with Gasteiger partial charge in [0.1, 0.15) is 11.4 Å². The zero-order valence-corrected chi connectivity index (χ0v) is 11.7. The van der Waals surface area contributed by atoms with Gasteiger partial charge >= 0.3 is 5.82 Å². The summed E-state index contributed by atoms with van der Waals surface area (Å²) in [7, 11) is 2.12. The predicted octanol–water partition coefficient (Wildman–Crippen LogP) is 2.50. The van der Waals surface area contributed by atoms with E-state index in [0.29, 0.717) is 0 Å². The molecule has 0 amide bonds. The molecule has 0 spiro atoms. The summed E-state index contributed by atoms with van der Waals surface area (Å²) in [5.74, 6) is 1.20. The molecular formula is C15H11N4S+. The number of imidazole rings is 1. The number of fused-ring (bicyclic) bond motifs is 7. The third-order valence-electron chi connectivity index (χ3n) is 4.00. The fraction of sp³-hybridized carbons (Fsp3) is 0.133. The van der Waals surface area contributed by atoms with Crippen molar-refractivity contribution < 1.29 is 4.57 Å². The van der Waals surface area contributed by atoms with Crippen molar-refractivity contribution in [2.24, 2.45) is 7.05 Å². The van der Waals surface area contributed by atoms with Crippen molar-refractivity contribution in [1.82, 2.24) is 14.5 Å². The van der Waals surface area contributed by atoms with E-state index in [-0.39, 0.29) is 0 Å². The lowest BCUT2D eigenvalue weighted by molar-refractivity contribution is -0.631. The van der Waals surface area contributed by atoms with Gasteiger partial charge in [0.15, 0.2) is 11.2 Å². The Morgan fingerprint density at radius 1 is 1.20 bits per heavy atom. The predicted molar refractivity (Wildman–Crippen MR) is 78.6 cm³/mol. The van der Waals surface area contributed by atoms with Gasteiger partial charge in [-0.1, -0.05) is 17.4 Å². The Morgan fingerprint density at radius 2 is 2.05 bits per heavy atom. The van der Waals surface area contributed by atoms with Crippen LogP contribution in [-0.4, -0.2) is 14.5 Å². The second-order valence-electron chi connectivity index (χ2n) is 5.09. The molecule has 0 N–H and O–H groups in total. The molecule has 0 bridgehead atoms. The third kappa shape index (κ3) is 1.10. The van der Waals surface area contributed by atoms with Crippen LogP contribution in [0.5, 0.6) is 0 Å². The molecule has 0 saturated carbocycles. The van der Waals surface area contributed by atoms with Gasteiger partial charge in [-0.2, -0.15) is 0 Å². The zero-order valence-electron chi connectivity index (χ0n) is 10.9. The quantitative estimate of drug-likeness (QED) is 0.408. The van der Waals surface area contributed by atoms with Crippen LogP contribution < -0.4 is 4.57 Å². The summed E-state index contributed by atoms with van der Waals surface area (Å²) in [6.07, 6.45) is 3.73. The first-order valence-electron chi connectivity index (χ1n) is 6.54. The summed E-state index contributed by atoms with van der Waals surface area (Å²) >= 11 is 1.75. The van der Waals surface area contributed by atoms with Crippen molar-refractivity contribution in [2.45, 2.75) is 6.54 Å². The molecule has 0 radical (unpaired) electrons. The largest absolute Gasteiger partial charge is 0.309 e. The number of aryl methyl sites for hydroxylation is 1. The molecule has 0 aromatic carbocycles. The van der Waals surface area contributed by atoms with Crippen LogP contribution in [0.15, 0.2) is 36.7 Å². The molecule has 0 fully saturated rings. The Balaban J connectivity index is 1.99. The molecule has 1 aliphatic rings. The number of nitrogens with zero attached hydrogens (tertiary/aromatic N) is 4. The number of thiophene rings is 1. The Hall–Kier alpha value is -2.27. The van der Waals surface area contributed by atoms with E-state index in [1.807, 2.05) is 24.5 Å². The van der Waals surface area contributed by atoms with E-state index >= 15 is 0 Å². The molecule has 1 aliphatic heterocycles. The van der Waals surface area contributed by atoms with Crippen LogP contribution in [0.4, 0.5) is 0 Å². The first kappa shape index (κ1) is 10.5. The zero-order chi connectivity index (χ0) is 13.3. The van der Waals surface area contributed by atoms with Gasteiger partial charge in [-0.25, -0.2) is 19.1 Å². The van der Waals surface area contributed by atoms with Crippen molar-refractivity contribution in [3.8, 4) is 11.5 Å². The summed E-state index contributed by atoms with van der Waals surface area (Å²) < 4.78 is 4.62. The molecule has 4 aromatic heterocycles. The van der Waals surface area contributed by atoms with E-state index in [0.717, 1.165) is 17.1 Å². The maximum absolute atomic E-state index is 4.56. The SMILES string of the molecule is C[n+]1c2n(c3c4cccnc4sc31)Cc1cccnc1-2. The van der Waals surface area contributed by atoms with E-state index in [2.05, 4.69) is 38.3 Å². The van der Waals surface area contributed by atoms with Crippen LogP contribution in [0, 0.1) is 0 Å². The molecule has 5 rings (SSSR count). The highest BCUT2D eigenvalue weighted by Gasteiger charge is 2.35. The molecule has 4 aromatic rings. The van der Waals surface area contributed by atoms with E-state index in [1.54, 1.807) is 11.3 Å².